The highest BCUT2D eigenvalue weighted by Gasteiger charge is 2.37. The molecule has 0 fully saturated rings. The second kappa shape index (κ2) is 6.64. The molecule has 0 bridgehead atoms. The van der Waals surface area contributed by atoms with E-state index < -0.39 is 0 Å². The van der Waals surface area contributed by atoms with Crippen LogP contribution >= 0.6 is 0 Å². The minimum Gasteiger partial charge on any atom is -0.313 e. The second-order valence-electron chi connectivity index (χ2n) is 10.5. The highest BCUT2D eigenvalue weighted by molar-refractivity contribution is 6.23. The van der Waals surface area contributed by atoms with Gasteiger partial charge in [-0.3, -0.25) is 4.57 Å². The van der Waals surface area contributed by atoms with Gasteiger partial charge in [-0.2, -0.15) is 0 Å². The molecular formula is C33H25N3. The predicted molar refractivity (Wildman–Crippen MR) is 150 cm³/mol. The van der Waals surface area contributed by atoms with Crippen LogP contribution in [-0.2, 0) is 12.5 Å². The molecule has 3 nitrogen and oxygen atoms in total. The molecule has 0 N–H and O–H groups in total. The van der Waals surface area contributed by atoms with Crippen LogP contribution in [0.25, 0.3) is 60.7 Å². The summed E-state index contributed by atoms with van der Waals surface area (Å²) in [5.74, 6) is 0.943. The summed E-state index contributed by atoms with van der Waals surface area (Å²) in [7, 11) is 2.12. The van der Waals surface area contributed by atoms with Gasteiger partial charge >= 0.3 is 0 Å². The number of fused-ring (bicyclic) bond motifs is 10. The van der Waals surface area contributed by atoms with Gasteiger partial charge in [0, 0.05) is 28.6 Å². The van der Waals surface area contributed by atoms with E-state index >= 15 is 0 Å². The van der Waals surface area contributed by atoms with E-state index in [9.17, 15) is 0 Å². The molecule has 0 radical (unpaired) electrons. The molecule has 172 valence electrons. The molecule has 8 rings (SSSR count). The van der Waals surface area contributed by atoms with Gasteiger partial charge in [0.25, 0.3) is 0 Å². The van der Waals surface area contributed by atoms with Crippen LogP contribution in [0.1, 0.15) is 25.0 Å². The standard InChI is InChI=1S/C33H25N3/c1-33(2)24-12-6-4-11-23(24)30-25(33)19-17-20-16-18-22-21-10-5-8-14-27(21)36(31(22)29(20)30)32-34-26-13-7-9-15-28(26)35(32)3/h4-19H,1-3H3. The predicted octanol–water partition coefficient (Wildman–Crippen LogP) is 8.13. The number of hydrogen-bond donors (Lipinski definition) is 0. The number of rotatable bonds is 1. The molecule has 3 heteroatoms. The minimum atomic E-state index is -0.0446. The topological polar surface area (TPSA) is 22.8 Å². The zero-order chi connectivity index (χ0) is 24.2. The number of para-hydroxylation sites is 3. The average Bonchev–Trinajstić information content (AvgIpc) is 3.50. The van der Waals surface area contributed by atoms with E-state index in [-0.39, 0.29) is 5.41 Å². The molecule has 0 amide bonds. The zero-order valence-electron chi connectivity index (χ0n) is 20.6. The van der Waals surface area contributed by atoms with Crippen molar-refractivity contribution in [1.29, 1.82) is 0 Å². The van der Waals surface area contributed by atoms with Crippen LogP contribution in [0.4, 0.5) is 0 Å². The van der Waals surface area contributed by atoms with Gasteiger partial charge in [0.15, 0.2) is 0 Å². The van der Waals surface area contributed by atoms with Crippen LogP contribution in [0.2, 0.25) is 0 Å². The lowest BCUT2D eigenvalue weighted by molar-refractivity contribution is 0.661. The fourth-order valence-corrected chi connectivity index (χ4v) is 6.60. The Bertz CT molecular complexity index is 2030. The molecule has 1 aliphatic rings. The van der Waals surface area contributed by atoms with Crippen LogP contribution < -0.4 is 0 Å². The van der Waals surface area contributed by atoms with Gasteiger partial charge < -0.3 is 4.57 Å². The van der Waals surface area contributed by atoms with Crippen LogP contribution in [0.5, 0.6) is 0 Å². The van der Waals surface area contributed by atoms with Gasteiger partial charge in [-0.1, -0.05) is 92.7 Å². The largest absolute Gasteiger partial charge is 0.313 e. The molecule has 0 unspecified atom stereocenters. The Kier molecular flexibility index (Phi) is 3.67. The highest BCUT2D eigenvalue weighted by atomic mass is 15.2. The van der Waals surface area contributed by atoms with Crippen LogP contribution in [0, 0.1) is 0 Å². The first kappa shape index (κ1) is 19.9. The smallest absolute Gasteiger partial charge is 0.215 e. The fourth-order valence-electron chi connectivity index (χ4n) is 6.60. The van der Waals surface area contributed by atoms with E-state index in [1.807, 2.05) is 0 Å². The van der Waals surface area contributed by atoms with Crippen LogP contribution in [-0.4, -0.2) is 14.1 Å². The maximum absolute atomic E-state index is 5.15. The van der Waals surface area contributed by atoms with Crippen molar-refractivity contribution in [3.05, 3.63) is 108 Å². The lowest BCUT2D eigenvalue weighted by atomic mass is 9.82. The first-order valence-corrected chi connectivity index (χ1v) is 12.6. The third kappa shape index (κ3) is 2.31. The number of aromatic nitrogens is 3. The molecule has 36 heavy (non-hydrogen) atoms. The van der Waals surface area contributed by atoms with E-state index in [2.05, 4.69) is 127 Å². The molecule has 0 saturated carbocycles. The van der Waals surface area contributed by atoms with E-state index in [1.54, 1.807) is 0 Å². The Morgan fingerprint density at radius 2 is 1.39 bits per heavy atom. The number of benzene rings is 5. The van der Waals surface area contributed by atoms with Crippen molar-refractivity contribution in [2.24, 2.45) is 7.05 Å². The minimum absolute atomic E-state index is 0.0446. The highest BCUT2D eigenvalue weighted by Crippen LogP contribution is 2.53. The number of aryl methyl sites for hydroxylation is 1. The molecular weight excluding hydrogens is 438 g/mol. The summed E-state index contributed by atoms with van der Waals surface area (Å²) < 4.78 is 4.61. The van der Waals surface area contributed by atoms with Gasteiger partial charge in [-0.05, 0) is 45.8 Å². The fraction of sp³-hybridized carbons (Fsp3) is 0.121. The van der Waals surface area contributed by atoms with Crippen molar-refractivity contribution in [2.45, 2.75) is 19.3 Å². The van der Waals surface area contributed by atoms with E-state index in [1.165, 1.54) is 54.8 Å². The van der Waals surface area contributed by atoms with E-state index in [0.29, 0.717) is 0 Å². The van der Waals surface area contributed by atoms with E-state index in [4.69, 9.17) is 4.98 Å². The summed E-state index contributed by atoms with van der Waals surface area (Å²) >= 11 is 0. The van der Waals surface area contributed by atoms with Gasteiger partial charge in [-0.25, -0.2) is 4.98 Å². The van der Waals surface area contributed by atoms with Crippen molar-refractivity contribution in [2.75, 3.05) is 0 Å². The van der Waals surface area contributed by atoms with Gasteiger partial charge in [-0.15, -0.1) is 0 Å². The van der Waals surface area contributed by atoms with Crippen molar-refractivity contribution in [1.82, 2.24) is 14.1 Å². The number of imidazole rings is 1. The summed E-state index contributed by atoms with van der Waals surface area (Å²) in [6.45, 7) is 4.70. The van der Waals surface area contributed by atoms with Gasteiger partial charge in [0.2, 0.25) is 5.95 Å². The van der Waals surface area contributed by atoms with E-state index in [0.717, 1.165) is 17.0 Å². The third-order valence-corrected chi connectivity index (χ3v) is 8.32. The Balaban J connectivity index is 1.65. The van der Waals surface area contributed by atoms with Gasteiger partial charge in [0.1, 0.15) is 0 Å². The number of hydrogen-bond acceptors (Lipinski definition) is 1. The normalized spacial score (nSPS) is 14.2. The Morgan fingerprint density at radius 3 is 2.25 bits per heavy atom. The number of nitrogens with zero attached hydrogens (tertiary/aromatic N) is 3. The summed E-state index contributed by atoms with van der Waals surface area (Å²) in [5.41, 5.74) is 10.0. The molecule has 0 atom stereocenters. The summed E-state index contributed by atoms with van der Waals surface area (Å²) in [4.78, 5) is 5.15. The molecule has 0 saturated heterocycles. The molecule has 0 spiro atoms. The Hall–Kier alpha value is -4.37. The summed E-state index contributed by atoms with van der Waals surface area (Å²) in [5, 5.41) is 5.09. The van der Waals surface area contributed by atoms with Crippen molar-refractivity contribution in [3.63, 3.8) is 0 Å². The van der Waals surface area contributed by atoms with Crippen LogP contribution in [0.3, 0.4) is 0 Å². The first-order valence-electron chi connectivity index (χ1n) is 12.6. The van der Waals surface area contributed by atoms with Crippen molar-refractivity contribution < 1.29 is 0 Å². The quantitative estimate of drug-likeness (QED) is 0.241. The maximum atomic E-state index is 5.15. The Labute approximate surface area is 209 Å². The SMILES string of the molecule is Cn1c(-n2c3ccccc3c3ccc4ccc5c(c4c32)-c2ccccc2C5(C)C)nc2ccccc21. The Morgan fingerprint density at radius 1 is 0.667 bits per heavy atom. The molecule has 2 aromatic heterocycles. The van der Waals surface area contributed by atoms with Crippen LogP contribution in [0.15, 0.2) is 97.1 Å². The lowest BCUT2D eigenvalue weighted by Crippen LogP contribution is -2.14. The molecule has 1 aliphatic carbocycles. The maximum Gasteiger partial charge on any atom is 0.215 e. The van der Waals surface area contributed by atoms with Crippen molar-refractivity contribution in [3.8, 4) is 17.1 Å². The molecule has 5 aromatic carbocycles. The zero-order valence-corrected chi connectivity index (χ0v) is 20.6. The summed E-state index contributed by atoms with van der Waals surface area (Å²) in [6, 6.07) is 35.3. The monoisotopic (exact) mass is 463 g/mol. The van der Waals surface area contributed by atoms with Gasteiger partial charge in [0.05, 0.1) is 22.1 Å². The third-order valence-electron chi connectivity index (χ3n) is 8.32. The molecule has 2 heterocycles. The van der Waals surface area contributed by atoms with Crippen molar-refractivity contribution >= 4 is 43.6 Å². The molecule has 0 aliphatic heterocycles. The first-order chi connectivity index (χ1) is 17.6. The second-order valence-corrected chi connectivity index (χ2v) is 10.5. The summed E-state index contributed by atoms with van der Waals surface area (Å²) in [6.07, 6.45) is 0. The lowest BCUT2D eigenvalue weighted by Gasteiger charge is -2.21. The molecule has 7 aromatic rings. The average molecular weight is 464 g/mol.